The van der Waals surface area contributed by atoms with Crippen molar-refractivity contribution in [2.45, 2.75) is 25.7 Å². The summed E-state index contributed by atoms with van der Waals surface area (Å²) in [5, 5.41) is 13.2. The lowest BCUT2D eigenvalue weighted by Gasteiger charge is -2.26. The number of carbonyl (C=O) groups excluding carboxylic acids is 2. The largest absolute Gasteiger partial charge is 0.481 e. The average molecular weight is 257 g/mol. The fraction of sp³-hybridized carbons (Fsp3) is 0.727. The van der Waals surface area contributed by atoms with Gasteiger partial charge in [0.25, 0.3) is 0 Å². The normalized spacial score (nSPS) is 15.0. The van der Waals surface area contributed by atoms with Crippen LogP contribution in [0.2, 0.25) is 0 Å². The highest BCUT2D eigenvalue weighted by atomic mass is 16.4. The molecule has 0 aromatic rings. The van der Waals surface area contributed by atoms with Crippen LogP contribution in [0.5, 0.6) is 0 Å². The van der Waals surface area contributed by atoms with E-state index in [-0.39, 0.29) is 25.4 Å². The van der Waals surface area contributed by atoms with Crippen LogP contribution in [-0.4, -0.2) is 54.1 Å². The van der Waals surface area contributed by atoms with Gasteiger partial charge in [0.15, 0.2) is 0 Å². The van der Waals surface area contributed by atoms with E-state index >= 15 is 0 Å². The Hall–Kier alpha value is -1.79. The minimum atomic E-state index is -0.973. The van der Waals surface area contributed by atoms with E-state index in [0.29, 0.717) is 0 Å². The number of hydrogen-bond donors (Lipinski definition) is 3. The van der Waals surface area contributed by atoms with Gasteiger partial charge in [-0.2, -0.15) is 0 Å². The molecule has 1 aliphatic heterocycles. The minimum absolute atomic E-state index is 0.0428. The predicted octanol–water partition coefficient (Wildman–Crippen LogP) is -0.227. The van der Waals surface area contributed by atoms with Crippen molar-refractivity contribution in [3.8, 4) is 0 Å². The zero-order valence-electron chi connectivity index (χ0n) is 10.3. The zero-order valence-corrected chi connectivity index (χ0v) is 10.3. The quantitative estimate of drug-likeness (QED) is 0.633. The summed E-state index contributed by atoms with van der Waals surface area (Å²) in [7, 11) is 0. The number of urea groups is 1. The molecule has 1 saturated heterocycles. The maximum atomic E-state index is 11.7. The van der Waals surface area contributed by atoms with Crippen LogP contribution in [0.3, 0.4) is 0 Å². The van der Waals surface area contributed by atoms with Crippen LogP contribution in [0.1, 0.15) is 25.7 Å². The summed E-state index contributed by atoms with van der Waals surface area (Å²) in [6.45, 7) is 1.51. The number of hydrogen-bond acceptors (Lipinski definition) is 3. The Balaban J connectivity index is 2.13. The van der Waals surface area contributed by atoms with E-state index < -0.39 is 12.0 Å². The van der Waals surface area contributed by atoms with Gasteiger partial charge in [-0.1, -0.05) is 0 Å². The number of nitrogens with one attached hydrogen (secondary N) is 2. The van der Waals surface area contributed by atoms with E-state index in [2.05, 4.69) is 10.6 Å². The Kier molecular flexibility index (Phi) is 5.96. The molecule has 0 aromatic carbocycles. The molecule has 102 valence electrons. The smallest absolute Gasteiger partial charge is 0.315 e. The number of rotatable bonds is 5. The molecule has 0 spiro atoms. The van der Waals surface area contributed by atoms with Gasteiger partial charge in [0, 0.05) is 19.6 Å². The van der Waals surface area contributed by atoms with E-state index in [9.17, 15) is 14.4 Å². The summed E-state index contributed by atoms with van der Waals surface area (Å²) in [6.07, 6.45) is 3.04. The van der Waals surface area contributed by atoms with Gasteiger partial charge < -0.3 is 20.6 Å². The molecule has 7 nitrogen and oxygen atoms in total. The third kappa shape index (κ3) is 5.51. The van der Waals surface area contributed by atoms with E-state index in [1.54, 1.807) is 4.90 Å². The monoisotopic (exact) mass is 257 g/mol. The lowest BCUT2D eigenvalue weighted by Crippen LogP contribution is -2.45. The van der Waals surface area contributed by atoms with E-state index in [0.717, 1.165) is 32.4 Å². The summed E-state index contributed by atoms with van der Waals surface area (Å²) in [4.78, 5) is 34.9. The van der Waals surface area contributed by atoms with Gasteiger partial charge in [-0.15, -0.1) is 0 Å². The molecule has 1 heterocycles. The Morgan fingerprint density at radius 2 is 1.72 bits per heavy atom. The number of carbonyl (C=O) groups is 3. The standard InChI is InChI=1S/C11H19N3O4/c15-9(14-6-2-1-3-7-14)8-13-11(18)12-5-4-10(16)17/h1-8H2,(H,16,17)(H2,12,13,18). The number of piperidine rings is 1. The van der Waals surface area contributed by atoms with Crippen molar-refractivity contribution in [3.05, 3.63) is 0 Å². The third-order valence-electron chi connectivity index (χ3n) is 2.73. The minimum Gasteiger partial charge on any atom is -0.481 e. The molecule has 1 aliphatic rings. The van der Waals surface area contributed by atoms with E-state index in [1.165, 1.54) is 0 Å². The first kappa shape index (κ1) is 14.3. The number of nitrogens with zero attached hydrogens (tertiary/aromatic N) is 1. The lowest BCUT2D eigenvalue weighted by molar-refractivity contribution is -0.137. The van der Waals surface area contributed by atoms with Crippen LogP contribution >= 0.6 is 0 Å². The molecule has 1 rings (SSSR count). The summed E-state index contributed by atoms with van der Waals surface area (Å²) < 4.78 is 0. The molecule has 3 amide bonds. The van der Waals surface area contributed by atoms with Crippen LogP contribution in [0.4, 0.5) is 4.79 Å². The topological polar surface area (TPSA) is 98.7 Å². The van der Waals surface area contributed by atoms with Crippen LogP contribution < -0.4 is 10.6 Å². The van der Waals surface area contributed by atoms with Crippen LogP contribution in [0.15, 0.2) is 0 Å². The molecule has 0 unspecified atom stereocenters. The van der Waals surface area contributed by atoms with Crippen LogP contribution in [-0.2, 0) is 9.59 Å². The van der Waals surface area contributed by atoms with Gasteiger partial charge in [-0.25, -0.2) is 4.79 Å². The molecule has 0 aromatic heterocycles. The fourth-order valence-corrected chi connectivity index (χ4v) is 1.76. The van der Waals surface area contributed by atoms with Gasteiger partial charge in [0.2, 0.25) is 5.91 Å². The molecule has 0 atom stereocenters. The Morgan fingerprint density at radius 1 is 1.06 bits per heavy atom. The van der Waals surface area contributed by atoms with Crippen molar-refractivity contribution in [2.24, 2.45) is 0 Å². The molecule has 3 N–H and O–H groups in total. The number of carboxylic acids is 1. The molecular weight excluding hydrogens is 238 g/mol. The maximum Gasteiger partial charge on any atom is 0.315 e. The van der Waals surface area contributed by atoms with Crippen molar-refractivity contribution < 1.29 is 19.5 Å². The van der Waals surface area contributed by atoms with E-state index in [4.69, 9.17) is 5.11 Å². The second-order valence-electron chi connectivity index (χ2n) is 4.19. The van der Waals surface area contributed by atoms with Crippen molar-refractivity contribution in [1.82, 2.24) is 15.5 Å². The SMILES string of the molecule is O=C(O)CCNC(=O)NCC(=O)N1CCCCC1. The second kappa shape index (κ2) is 7.52. The molecule has 18 heavy (non-hydrogen) atoms. The number of likely N-dealkylation sites (tertiary alicyclic amines) is 1. The maximum absolute atomic E-state index is 11.7. The van der Waals surface area contributed by atoms with Crippen LogP contribution in [0.25, 0.3) is 0 Å². The average Bonchev–Trinajstić information content (AvgIpc) is 2.36. The number of amides is 3. The van der Waals surface area contributed by atoms with Gasteiger partial charge in [-0.3, -0.25) is 9.59 Å². The molecule has 0 radical (unpaired) electrons. The highest BCUT2D eigenvalue weighted by Crippen LogP contribution is 2.07. The van der Waals surface area contributed by atoms with Crippen molar-refractivity contribution in [1.29, 1.82) is 0 Å². The van der Waals surface area contributed by atoms with Gasteiger partial charge in [-0.05, 0) is 19.3 Å². The van der Waals surface area contributed by atoms with Gasteiger partial charge in [0.05, 0.1) is 13.0 Å². The van der Waals surface area contributed by atoms with Gasteiger partial charge >= 0.3 is 12.0 Å². The van der Waals surface area contributed by atoms with Crippen LogP contribution in [0, 0.1) is 0 Å². The van der Waals surface area contributed by atoms with Crippen molar-refractivity contribution in [3.63, 3.8) is 0 Å². The first-order chi connectivity index (χ1) is 8.59. The molecule has 0 aliphatic carbocycles. The molecule has 7 heteroatoms. The Morgan fingerprint density at radius 3 is 2.33 bits per heavy atom. The zero-order chi connectivity index (χ0) is 13.4. The Labute approximate surface area is 106 Å². The summed E-state index contributed by atoms with van der Waals surface area (Å²) in [5.74, 6) is -1.07. The third-order valence-corrected chi connectivity index (χ3v) is 2.73. The molecule has 0 saturated carbocycles. The number of carboxylic acid groups (broad SMARTS) is 1. The Bertz CT molecular complexity index is 313. The predicted molar refractivity (Wildman–Crippen MR) is 64.1 cm³/mol. The number of aliphatic carboxylic acids is 1. The molecule has 0 bridgehead atoms. The summed E-state index contributed by atoms with van der Waals surface area (Å²) in [6, 6.07) is -0.512. The lowest BCUT2D eigenvalue weighted by atomic mass is 10.1. The van der Waals surface area contributed by atoms with E-state index in [1.807, 2.05) is 0 Å². The fourth-order valence-electron chi connectivity index (χ4n) is 1.76. The summed E-state index contributed by atoms with van der Waals surface area (Å²) >= 11 is 0. The highest BCUT2D eigenvalue weighted by molar-refractivity contribution is 5.84. The first-order valence-electron chi connectivity index (χ1n) is 6.11. The first-order valence-corrected chi connectivity index (χ1v) is 6.11. The molecular formula is C11H19N3O4. The van der Waals surface area contributed by atoms with Crippen molar-refractivity contribution in [2.75, 3.05) is 26.2 Å². The second-order valence-corrected chi connectivity index (χ2v) is 4.19. The van der Waals surface area contributed by atoms with Gasteiger partial charge in [0.1, 0.15) is 0 Å². The molecule has 1 fully saturated rings. The highest BCUT2D eigenvalue weighted by Gasteiger charge is 2.16. The van der Waals surface area contributed by atoms with Crippen molar-refractivity contribution >= 4 is 17.9 Å². The summed E-state index contributed by atoms with van der Waals surface area (Å²) in [5.41, 5.74) is 0.